The summed E-state index contributed by atoms with van der Waals surface area (Å²) in [7, 11) is 0. The zero-order valence-corrected chi connectivity index (χ0v) is 21.6. The average molecular weight is 512 g/mol. The van der Waals surface area contributed by atoms with E-state index in [2.05, 4.69) is 9.80 Å². The topological polar surface area (TPSA) is 26.8 Å². The molecule has 1 amide bonds. The smallest absolute Gasteiger partial charge is 0.261 e. The maximum Gasteiger partial charge on any atom is 0.261 e. The van der Waals surface area contributed by atoms with Crippen molar-refractivity contribution in [1.29, 1.82) is 0 Å². The van der Waals surface area contributed by atoms with Gasteiger partial charge in [-0.25, -0.2) is 8.78 Å². The van der Waals surface area contributed by atoms with E-state index in [9.17, 15) is 13.6 Å². The first-order valence-electron chi connectivity index (χ1n) is 13.2. The highest BCUT2D eigenvalue weighted by Crippen LogP contribution is 2.46. The number of amides is 1. The number of halogens is 2. The van der Waals surface area contributed by atoms with E-state index >= 15 is 0 Å². The number of carbonyl (C=O) groups is 1. The summed E-state index contributed by atoms with van der Waals surface area (Å²) in [5, 5.41) is -0.280. The third-order valence-corrected chi connectivity index (χ3v) is 8.91. The molecular weight excluding hydrogens is 476 g/mol. The van der Waals surface area contributed by atoms with Crippen LogP contribution in [0.4, 0.5) is 8.78 Å². The Kier molecular flexibility index (Phi) is 8.40. The predicted molar refractivity (Wildman–Crippen MR) is 142 cm³/mol. The van der Waals surface area contributed by atoms with Gasteiger partial charge in [-0.15, -0.1) is 0 Å². The summed E-state index contributed by atoms with van der Waals surface area (Å²) in [6.07, 6.45) is 9.12. The van der Waals surface area contributed by atoms with Crippen molar-refractivity contribution >= 4 is 23.7 Å². The molecule has 0 aromatic heterocycles. The highest BCUT2D eigenvalue weighted by molar-refractivity contribution is 8.04. The molecule has 0 spiro atoms. The van der Waals surface area contributed by atoms with Gasteiger partial charge in [0.05, 0.1) is 4.91 Å². The van der Waals surface area contributed by atoms with Crippen LogP contribution >= 0.6 is 11.8 Å². The lowest BCUT2D eigenvalue weighted by atomic mass is 10.00. The first-order chi connectivity index (χ1) is 17.6. The molecule has 3 aliphatic heterocycles. The molecule has 192 valence electrons. The van der Waals surface area contributed by atoms with E-state index in [1.54, 1.807) is 24.3 Å². The molecule has 3 heterocycles. The Hall–Kier alpha value is -2.22. The molecule has 0 N–H and O–H groups in total. The van der Waals surface area contributed by atoms with E-state index in [4.69, 9.17) is 0 Å². The van der Waals surface area contributed by atoms with Gasteiger partial charge in [-0.2, -0.15) is 0 Å². The van der Waals surface area contributed by atoms with Crippen LogP contribution < -0.4 is 0 Å². The highest BCUT2D eigenvalue weighted by Gasteiger charge is 2.37. The predicted octanol–water partition coefficient (Wildman–Crippen LogP) is 5.92. The first-order valence-corrected chi connectivity index (χ1v) is 14.1. The van der Waals surface area contributed by atoms with E-state index in [1.165, 1.54) is 81.2 Å². The average Bonchev–Trinajstić information content (AvgIpc) is 3.20. The van der Waals surface area contributed by atoms with Gasteiger partial charge in [0.15, 0.2) is 0 Å². The summed E-state index contributed by atoms with van der Waals surface area (Å²) in [5.74, 6) is -0.704. The summed E-state index contributed by atoms with van der Waals surface area (Å²) in [5.41, 5.74) is 1.43. The summed E-state index contributed by atoms with van der Waals surface area (Å²) < 4.78 is 27.7. The van der Waals surface area contributed by atoms with Crippen molar-refractivity contribution in [3.05, 3.63) is 76.2 Å². The third kappa shape index (κ3) is 6.18. The maximum absolute atomic E-state index is 14.0. The largest absolute Gasteiger partial charge is 0.322 e. The Morgan fingerprint density at radius 3 is 2.33 bits per heavy atom. The Bertz CT molecular complexity index is 1080. The number of hydrogen-bond donors (Lipinski definition) is 0. The lowest BCUT2D eigenvalue weighted by molar-refractivity contribution is -0.126. The van der Waals surface area contributed by atoms with Crippen LogP contribution in [0.1, 0.15) is 55.0 Å². The fourth-order valence-corrected chi connectivity index (χ4v) is 6.98. The fraction of sp³-hybridized carbons (Fsp3) is 0.483. The Balaban J connectivity index is 1.22. The second-order valence-corrected chi connectivity index (χ2v) is 11.2. The van der Waals surface area contributed by atoms with Crippen LogP contribution in [0.3, 0.4) is 0 Å². The molecular formula is C29H35F2N3OS. The van der Waals surface area contributed by atoms with Gasteiger partial charge < -0.3 is 14.7 Å². The molecule has 1 atom stereocenters. The normalized spacial score (nSPS) is 23.6. The van der Waals surface area contributed by atoms with Gasteiger partial charge in [0.25, 0.3) is 5.91 Å². The monoisotopic (exact) mass is 511 g/mol. The van der Waals surface area contributed by atoms with E-state index in [-0.39, 0.29) is 22.9 Å². The number of likely N-dealkylation sites (tertiary alicyclic amines) is 2. The van der Waals surface area contributed by atoms with Crippen molar-refractivity contribution in [3.8, 4) is 0 Å². The van der Waals surface area contributed by atoms with Crippen molar-refractivity contribution < 1.29 is 13.6 Å². The van der Waals surface area contributed by atoms with Gasteiger partial charge in [0, 0.05) is 12.6 Å². The van der Waals surface area contributed by atoms with Gasteiger partial charge in [0.2, 0.25) is 0 Å². The van der Waals surface area contributed by atoms with Crippen LogP contribution in [0.2, 0.25) is 0 Å². The zero-order valence-electron chi connectivity index (χ0n) is 20.8. The number of hydrogen-bond acceptors (Lipinski definition) is 4. The molecule has 0 radical (unpaired) electrons. The second kappa shape index (κ2) is 11.9. The number of carbonyl (C=O) groups excluding carboxylic acids is 1. The highest BCUT2D eigenvalue weighted by atomic mass is 32.2. The van der Waals surface area contributed by atoms with Crippen molar-refractivity contribution in [2.24, 2.45) is 0 Å². The van der Waals surface area contributed by atoms with E-state index < -0.39 is 0 Å². The molecule has 3 aliphatic rings. The lowest BCUT2D eigenvalue weighted by Crippen LogP contribution is -2.47. The third-order valence-electron chi connectivity index (χ3n) is 7.61. The maximum atomic E-state index is 14.0. The lowest BCUT2D eigenvalue weighted by Gasteiger charge is -2.40. The van der Waals surface area contributed by atoms with Crippen LogP contribution in [0.25, 0.3) is 6.08 Å². The molecule has 36 heavy (non-hydrogen) atoms. The number of thioether (sulfide) groups is 1. The standard InChI is InChI=1S/C29H35F2N3OS/c30-24-9-4-7-22(19-24)20-27-28(35)34(29(36-27)23-8-5-10-25(31)21-23)16-6-13-32-17-11-26(12-18-32)33-14-2-1-3-15-33/h4-5,7-10,19-21,26,29H,1-3,6,11-18H2/b27-20+. The number of rotatable bonds is 7. The van der Waals surface area contributed by atoms with Crippen molar-refractivity contribution in [2.75, 3.05) is 39.3 Å². The molecule has 7 heteroatoms. The minimum Gasteiger partial charge on any atom is -0.322 e. The molecule has 2 aromatic rings. The quantitative estimate of drug-likeness (QED) is 0.431. The van der Waals surface area contributed by atoms with Crippen molar-refractivity contribution in [2.45, 2.75) is 49.9 Å². The van der Waals surface area contributed by atoms with Crippen LogP contribution in [0.15, 0.2) is 53.4 Å². The molecule has 2 aromatic carbocycles. The van der Waals surface area contributed by atoms with Crippen LogP contribution in [-0.4, -0.2) is 65.9 Å². The Morgan fingerprint density at radius 1 is 0.889 bits per heavy atom. The first kappa shape index (κ1) is 25.4. The van der Waals surface area contributed by atoms with Gasteiger partial charge in [-0.05, 0) is 106 Å². The summed E-state index contributed by atoms with van der Waals surface area (Å²) in [4.78, 5) is 21.0. The molecule has 0 saturated carbocycles. The Morgan fingerprint density at radius 2 is 1.61 bits per heavy atom. The minimum atomic E-state index is -0.331. The van der Waals surface area contributed by atoms with E-state index in [0.29, 0.717) is 17.0 Å². The van der Waals surface area contributed by atoms with Crippen molar-refractivity contribution in [1.82, 2.24) is 14.7 Å². The fourth-order valence-electron chi connectivity index (χ4n) is 5.71. The van der Waals surface area contributed by atoms with Crippen molar-refractivity contribution in [3.63, 3.8) is 0 Å². The van der Waals surface area contributed by atoms with Gasteiger partial charge >= 0.3 is 0 Å². The summed E-state index contributed by atoms with van der Waals surface area (Å²) in [6, 6.07) is 13.5. The SMILES string of the molecule is O=C1/C(=C\c2cccc(F)c2)SC(c2cccc(F)c2)N1CCCN1CCC(N2CCCCC2)CC1. The molecule has 3 saturated heterocycles. The van der Waals surface area contributed by atoms with Gasteiger partial charge in [-0.3, -0.25) is 4.79 Å². The summed E-state index contributed by atoms with van der Waals surface area (Å²) >= 11 is 1.42. The van der Waals surface area contributed by atoms with E-state index in [1.807, 2.05) is 11.0 Å². The van der Waals surface area contributed by atoms with Crippen LogP contribution in [-0.2, 0) is 4.79 Å². The van der Waals surface area contributed by atoms with Gasteiger partial charge in [0.1, 0.15) is 17.0 Å². The summed E-state index contributed by atoms with van der Waals surface area (Å²) in [6.45, 7) is 6.31. The molecule has 3 fully saturated rings. The molecule has 4 nitrogen and oxygen atoms in total. The van der Waals surface area contributed by atoms with E-state index in [0.717, 1.165) is 37.7 Å². The molecule has 0 bridgehead atoms. The molecule has 1 unspecified atom stereocenters. The molecule has 0 aliphatic carbocycles. The number of nitrogens with zero attached hydrogens (tertiary/aromatic N) is 3. The minimum absolute atomic E-state index is 0.0673. The van der Waals surface area contributed by atoms with Crippen LogP contribution in [0, 0.1) is 11.6 Å². The van der Waals surface area contributed by atoms with Crippen LogP contribution in [0.5, 0.6) is 0 Å². The zero-order chi connectivity index (χ0) is 24.9. The Labute approximate surface area is 217 Å². The second-order valence-electron chi connectivity index (χ2n) is 10.1. The number of piperidine rings is 2. The number of benzene rings is 2. The molecule has 5 rings (SSSR count). The van der Waals surface area contributed by atoms with Gasteiger partial charge in [-0.1, -0.05) is 42.4 Å².